The van der Waals surface area contributed by atoms with Crippen LogP contribution in [0.1, 0.15) is 33.7 Å². The minimum atomic E-state index is -1.20. The second-order valence-electron chi connectivity index (χ2n) is 8.05. The molecule has 5 rings (SSSR count). The fourth-order valence-corrected chi connectivity index (χ4v) is 4.63. The SMILES string of the molecule is Cc1cc(C(=O)CN2C(=O)N[C@]3(CCOc4ccccc43)C2=O)c(C)n1-c1ccccn1. The van der Waals surface area contributed by atoms with Crippen LogP contribution in [0.5, 0.6) is 5.75 Å². The van der Waals surface area contributed by atoms with Crippen molar-refractivity contribution in [3.63, 3.8) is 0 Å². The number of benzene rings is 1. The lowest BCUT2D eigenvalue weighted by molar-refractivity contribution is -0.132. The maximum absolute atomic E-state index is 13.4. The van der Waals surface area contributed by atoms with Crippen molar-refractivity contribution in [2.75, 3.05) is 13.2 Å². The molecule has 1 aromatic carbocycles. The normalized spacial score (nSPS) is 19.6. The van der Waals surface area contributed by atoms with Crippen molar-refractivity contribution < 1.29 is 19.1 Å². The summed E-state index contributed by atoms with van der Waals surface area (Å²) in [6, 6.07) is 13.9. The zero-order valence-electron chi connectivity index (χ0n) is 17.8. The average molecular weight is 430 g/mol. The van der Waals surface area contributed by atoms with Crippen LogP contribution in [0.25, 0.3) is 5.82 Å². The molecule has 8 heteroatoms. The van der Waals surface area contributed by atoms with Crippen molar-refractivity contribution in [1.29, 1.82) is 0 Å². The van der Waals surface area contributed by atoms with Gasteiger partial charge >= 0.3 is 6.03 Å². The van der Waals surface area contributed by atoms with Crippen LogP contribution in [-0.4, -0.2) is 45.3 Å². The number of urea groups is 1. The number of fused-ring (bicyclic) bond motifs is 2. The van der Waals surface area contributed by atoms with E-state index in [0.29, 0.717) is 41.4 Å². The van der Waals surface area contributed by atoms with Crippen LogP contribution in [0.2, 0.25) is 0 Å². The van der Waals surface area contributed by atoms with Crippen molar-refractivity contribution in [2.24, 2.45) is 0 Å². The van der Waals surface area contributed by atoms with Crippen molar-refractivity contribution >= 4 is 17.7 Å². The lowest BCUT2D eigenvalue weighted by Gasteiger charge is -2.33. The molecule has 1 fully saturated rings. The molecule has 2 aliphatic rings. The highest BCUT2D eigenvalue weighted by molar-refractivity contribution is 6.12. The molecule has 32 heavy (non-hydrogen) atoms. The molecule has 4 heterocycles. The summed E-state index contributed by atoms with van der Waals surface area (Å²) in [6.07, 6.45) is 2.00. The summed E-state index contributed by atoms with van der Waals surface area (Å²) in [7, 11) is 0. The van der Waals surface area contributed by atoms with Crippen molar-refractivity contribution in [1.82, 2.24) is 19.8 Å². The summed E-state index contributed by atoms with van der Waals surface area (Å²) in [5.74, 6) is 0.542. The number of carbonyl (C=O) groups is 3. The van der Waals surface area contributed by atoms with Gasteiger partial charge in [-0.15, -0.1) is 0 Å². The van der Waals surface area contributed by atoms with E-state index in [0.717, 1.165) is 10.6 Å². The third-order valence-electron chi connectivity index (χ3n) is 6.17. The Bertz CT molecular complexity index is 1250. The van der Waals surface area contributed by atoms with Gasteiger partial charge in [0.25, 0.3) is 5.91 Å². The number of carbonyl (C=O) groups excluding carboxylic acids is 3. The van der Waals surface area contributed by atoms with E-state index in [4.69, 9.17) is 4.74 Å². The first-order valence-corrected chi connectivity index (χ1v) is 10.4. The third kappa shape index (κ3) is 2.90. The molecule has 8 nitrogen and oxygen atoms in total. The molecule has 0 radical (unpaired) electrons. The van der Waals surface area contributed by atoms with Gasteiger partial charge < -0.3 is 14.6 Å². The number of hydrogen-bond acceptors (Lipinski definition) is 5. The summed E-state index contributed by atoms with van der Waals surface area (Å²) in [6.45, 7) is 3.69. The fraction of sp³-hybridized carbons (Fsp3) is 0.250. The molecule has 2 aromatic heterocycles. The van der Waals surface area contributed by atoms with Crippen LogP contribution in [0, 0.1) is 13.8 Å². The van der Waals surface area contributed by atoms with Crippen LogP contribution < -0.4 is 10.1 Å². The summed E-state index contributed by atoms with van der Waals surface area (Å²) in [5.41, 5.74) is 1.44. The van der Waals surface area contributed by atoms with Gasteiger partial charge in [-0.05, 0) is 38.1 Å². The molecule has 1 saturated heterocycles. The average Bonchev–Trinajstić information content (AvgIpc) is 3.22. The largest absolute Gasteiger partial charge is 0.493 e. The Morgan fingerprint density at radius 2 is 1.94 bits per heavy atom. The van der Waals surface area contributed by atoms with Gasteiger partial charge in [-0.3, -0.25) is 14.5 Å². The van der Waals surface area contributed by atoms with Gasteiger partial charge in [0.1, 0.15) is 11.6 Å². The van der Waals surface area contributed by atoms with E-state index in [1.165, 1.54) is 0 Å². The van der Waals surface area contributed by atoms with Crippen LogP contribution in [-0.2, 0) is 10.3 Å². The lowest BCUT2D eigenvalue weighted by atomic mass is 9.84. The second kappa shape index (κ2) is 7.33. The minimum absolute atomic E-state index is 0.302. The molecule has 0 unspecified atom stereocenters. The van der Waals surface area contributed by atoms with E-state index in [-0.39, 0.29) is 12.3 Å². The molecular weight excluding hydrogens is 408 g/mol. The quantitative estimate of drug-likeness (QED) is 0.507. The molecule has 0 saturated carbocycles. The Morgan fingerprint density at radius 1 is 1.16 bits per heavy atom. The Labute approximate surface area is 184 Å². The molecule has 0 aliphatic carbocycles. The van der Waals surface area contributed by atoms with E-state index in [1.807, 2.05) is 42.7 Å². The standard InChI is InChI=1S/C24H22N4O4/c1-15-13-17(16(2)28(15)21-9-5-6-11-25-21)19(29)14-27-22(30)24(26-23(27)31)10-12-32-20-8-4-3-7-18(20)24/h3-9,11,13H,10,12,14H2,1-2H3,(H,26,31)/t24-/m0/s1. The summed E-state index contributed by atoms with van der Waals surface area (Å²) < 4.78 is 7.54. The molecule has 1 spiro atoms. The Kier molecular flexibility index (Phi) is 4.58. The number of aromatic nitrogens is 2. The first-order chi connectivity index (χ1) is 15.4. The summed E-state index contributed by atoms with van der Waals surface area (Å²) in [5, 5.41) is 2.83. The molecule has 162 valence electrons. The first-order valence-electron chi connectivity index (χ1n) is 10.4. The van der Waals surface area contributed by atoms with Crippen molar-refractivity contribution in [2.45, 2.75) is 25.8 Å². The molecular formula is C24H22N4O4. The number of aryl methyl sites for hydroxylation is 1. The second-order valence-corrected chi connectivity index (χ2v) is 8.05. The maximum Gasteiger partial charge on any atom is 0.325 e. The highest BCUT2D eigenvalue weighted by atomic mass is 16.5. The number of nitrogens with zero attached hydrogens (tertiary/aromatic N) is 3. The van der Waals surface area contributed by atoms with Gasteiger partial charge in [-0.1, -0.05) is 24.3 Å². The number of imide groups is 1. The van der Waals surface area contributed by atoms with E-state index in [1.54, 1.807) is 30.5 Å². The Hall–Kier alpha value is -3.94. The Morgan fingerprint density at radius 3 is 2.72 bits per heavy atom. The van der Waals surface area contributed by atoms with Crippen LogP contribution in [0.4, 0.5) is 4.79 Å². The Balaban J connectivity index is 1.44. The number of amides is 3. The van der Waals surface area contributed by atoms with E-state index in [9.17, 15) is 14.4 Å². The van der Waals surface area contributed by atoms with Gasteiger partial charge in [0.15, 0.2) is 11.3 Å². The van der Waals surface area contributed by atoms with Crippen LogP contribution in [0.3, 0.4) is 0 Å². The fourth-order valence-electron chi connectivity index (χ4n) is 4.63. The number of para-hydroxylation sites is 1. The molecule has 1 N–H and O–H groups in total. The number of ketones is 1. The predicted molar refractivity (Wildman–Crippen MR) is 116 cm³/mol. The van der Waals surface area contributed by atoms with Crippen LogP contribution >= 0.6 is 0 Å². The monoisotopic (exact) mass is 430 g/mol. The summed E-state index contributed by atoms with van der Waals surface area (Å²) in [4.78, 5) is 44.8. The van der Waals surface area contributed by atoms with Gasteiger partial charge in [0.2, 0.25) is 0 Å². The van der Waals surface area contributed by atoms with Crippen molar-refractivity contribution in [3.05, 3.63) is 77.2 Å². The van der Waals surface area contributed by atoms with E-state index < -0.39 is 17.5 Å². The smallest absolute Gasteiger partial charge is 0.325 e. The van der Waals surface area contributed by atoms with Crippen LogP contribution in [0.15, 0.2) is 54.7 Å². The van der Waals surface area contributed by atoms with E-state index >= 15 is 0 Å². The molecule has 3 amide bonds. The van der Waals surface area contributed by atoms with Crippen molar-refractivity contribution in [3.8, 4) is 11.6 Å². The number of rotatable bonds is 4. The summed E-state index contributed by atoms with van der Waals surface area (Å²) >= 11 is 0. The number of ether oxygens (including phenoxy) is 1. The van der Waals surface area contributed by atoms with E-state index in [2.05, 4.69) is 10.3 Å². The van der Waals surface area contributed by atoms with Gasteiger partial charge in [0.05, 0.1) is 13.2 Å². The predicted octanol–water partition coefficient (Wildman–Crippen LogP) is 2.90. The zero-order valence-corrected chi connectivity index (χ0v) is 17.8. The van der Waals surface area contributed by atoms with Gasteiger partial charge in [-0.2, -0.15) is 0 Å². The number of pyridine rings is 1. The first kappa shape index (κ1) is 20.0. The maximum atomic E-state index is 13.4. The van der Waals surface area contributed by atoms with Gasteiger partial charge in [0, 0.05) is 35.1 Å². The molecule has 0 bridgehead atoms. The molecule has 3 aromatic rings. The highest BCUT2D eigenvalue weighted by Crippen LogP contribution is 2.41. The highest BCUT2D eigenvalue weighted by Gasteiger charge is 2.55. The molecule has 2 aliphatic heterocycles. The third-order valence-corrected chi connectivity index (χ3v) is 6.17. The zero-order chi connectivity index (χ0) is 22.5. The number of nitrogens with one attached hydrogen (secondary N) is 1. The number of hydrogen-bond donors (Lipinski definition) is 1. The van der Waals surface area contributed by atoms with Gasteiger partial charge in [-0.25, -0.2) is 9.78 Å². The lowest BCUT2D eigenvalue weighted by Crippen LogP contribution is -2.47. The molecule has 1 atom stereocenters. The number of Topliss-reactive ketones (excluding diaryl/α,β-unsaturated/α-hetero) is 1. The minimum Gasteiger partial charge on any atom is -0.493 e. The topological polar surface area (TPSA) is 93.5 Å².